The van der Waals surface area contributed by atoms with E-state index in [1.54, 1.807) is 0 Å². The van der Waals surface area contributed by atoms with Crippen LogP contribution in [0.3, 0.4) is 0 Å². The molecule has 1 aliphatic heterocycles. The molecule has 1 heterocycles. The van der Waals surface area contributed by atoms with E-state index in [9.17, 15) is 34.2 Å². The molecule has 0 fully saturated rings. The molecule has 0 bridgehead atoms. The zero-order chi connectivity index (χ0) is 22.9. The number of carboxylic acids is 1. The summed E-state index contributed by atoms with van der Waals surface area (Å²) in [5.74, 6) is -10.1. The Bertz CT molecular complexity index is 1230. The van der Waals surface area contributed by atoms with Gasteiger partial charge in [0, 0.05) is 12.1 Å². The van der Waals surface area contributed by atoms with Gasteiger partial charge < -0.3 is 40.5 Å². The lowest BCUT2D eigenvalue weighted by molar-refractivity contribution is 0.0441. The lowest BCUT2D eigenvalue weighted by atomic mass is 10.1. The molecule has 0 radical (unpaired) electrons. The molecule has 2 aromatic rings. The Morgan fingerprint density at radius 1 is 0.667 bits per heavy atom. The smallest absolute Gasteiger partial charge is 0.350 e. The summed E-state index contributed by atoms with van der Waals surface area (Å²) in [6.45, 7) is 0. The van der Waals surface area contributed by atoms with Crippen LogP contribution in [0.25, 0.3) is 0 Å². The number of cyclic esters (lactones) is 2. The average molecular weight is 422 g/mol. The van der Waals surface area contributed by atoms with Crippen molar-refractivity contribution in [3.8, 4) is 34.5 Å². The number of carbonyl (C=O) groups excluding carboxylic acids is 2. The van der Waals surface area contributed by atoms with Gasteiger partial charge in [-0.05, 0) is 6.07 Å². The number of hydrogen-bond donors (Lipinski definition) is 7. The number of rotatable bonds is 1. The van der Waals surface area contributed by atoms with Crippen molar-refractivity contribution in [2.24, 2.45) is 0 Å². The van der Waals surface area contributed by atoms with Crippen LogP contribution in [0.5, 0.6) is 34.5 Å². The van der Waals surface area contributed by atoms with Crippen LogP contribution in [-0.4, -0.2) is 53.7 Å². The number of ether oxygens (including phenoxy) is 1. The molecule has 0 aromatic heterocycles. The van der Waals surface area contributed by atoms with Crippen molar-refractivity contribution in [1.29, 1.82) is 0 Å². The van der Waals surface area contributed by atoms with E-state index in [1.807, 2.05) is 0 Å². The van der Waals surface area contributed by atoms with Gasteiger partial charge in [0.05, 0.1) is 11.1 Å². The molecule has 3 rings (SSSR count). The molecule has 0 unspecified atom stereocenters. The van der Waals surface area contributed by atoms with Crippen LogP contribution in [0, 0.1) is 0 Å². The minimum atomic E-state index is -1.45. The summed E-state index contributed by atoms with van der Waals surface area (Å²) in [7, 11) is 0. The highest BCUT2D eigenvalue weighted by molar-refractivity contribution is 6.16. The molecular formula is C17H10O13. The van der Waals surface area contributed by atoms with Crippen molar-refractivity contribution in [3.05, 3.63) is 55.3 Å². The molecule has 0 saturated carbocycles. The third-order valence-electron chi connectivity index (χ3n) is 3.60. The predicted octanol–water partition coefficient (Wildman–Crippen LogP) is -0.664. The highest BCUT2D eigenvalue weighted by atomic mass is 16.6. The minimum absolute atomic E-state index is 0.497. The maximum Gasteiger partial charge on any atom is 0.350 e. The van der Waals surface area contributed by atoms with Crippen LogP contribution in [0.1, 0.15) is 31.1 Å². The highest BCUT2D eigenvalue weighted by Crippen LogP contribution is 2.37. The van der Waals surface area contributed by atoms with Gasteiger partial charge in [0.1, 0.15) is 5.56 Å². The summed E-state index contributed by atoms with van der Waals surface area (Å²) in [4.78, 5) is 54.7. The Labute approximate surface area is 163 Å². The third kappa shape index (κ3) is 3.75. The number of fused-ring (bicyclic) bond motifs is 1. The van der Waals surface area contributed by atoms with Crippen molar-refractivity contribution in [1.82, 2.24) is 0 Å². The fourth-order valence-electron chi connectivity index (χ4n) is 2.13. The third-order valence-corrected chi connectivity index (χ3v) is 3.60. The van der Waals surface area contributed by atoms with Crippen molar-refractivity contribution < 1.29 is 54.9 Å². The van der Waals surface area contributed by atoms with Gasteiger partial charge >= 0.3 is 17.9 Å². The van der Waals surface area contributed by atoms with E-state index < -0.39 is 80.0 Å². The molecule has 0 amide bonds. The Balaban J connectivity index is 0.000000216. The van der Waals surface area contributed by atoms with Crippen LogP contribution >= 0.6 is 0 Å². The first-order valence-electron chi connectivity index (χ1n) is 7.48. The predicted molar refractivity (Wildman–Crippen MR) is 92.1 cm³/mol. The minimum Gasteiger partial charge on any atom is -0.504 e. The van der Waals surface area contributed by atoms with Crippen LogP contribution in [-0.2, 0) is 4.74 Å². The Kier molecular flexibility index (Phi) is 5.49. The van der Waals surface area contributed by atoms with Gasteiger partial charge in [-0.2, -0.15) is 0 Å². The maximum absolute atomic E-state index is 11.2. The number of esters is 2. The van der Waals surface area contributed by atoms with E-state index >= 15 is 0 Å². The molecule has 0 saturated heterocycles. The van der Waals surface area contributed by atoms with E-state index in [-0.39, 0.29) is 0 Å². The van der Waals surface area contributed by atoms with Crippen LogP contribution in [0.2, 0.25) is 0 Å². The van der Waals surface area contributed by atoms with E-state index in [0.717, 1.165) is 0 Å². The van der Waals surface area contributed by atoms with Gasteiger partial charge in [-0.15, -0.1) is 0 Å². The fourth-order valence-corrected chi connectivity index (χ4v) is 2.13. The molecule has 0 aliphatic carbocycles. The molecule has 0 spiro atoms. The van der Waals surface area contributed by atoms with Gasteiger partial charge in [0.15, 0.2) is 11.5 Å². The summed E-state index contributed by atoms with van der Waals surface area (Å²) in [5, 5.41) is 63.1. The molecule has 30 heavy (non-hydrogen) atoms. The maximum atomic E-state index is 11.2. The van der Waals surface area contributed by atoms with E-state index in [1.165, 1.54) is 0 Å². The van der Waals surface area contributed by atoms with Crippen LogP contribution in [0.15, 0.2) is 27.8 Å². The van der Waals surface area contributed by atoms with Gasteiger partial charge in [-0.3, -0.25) is 9.59 Å². The molecule has 13 nitrogen and oxygen atoms in total. The summed E-state index contributed by atoms with van der Waals surface area (Å²) >= 11 is 0. The number of aromatic carboxylic acids is 1. The van der Waals surface area contributed by atoms with Gasteiger partial charge in [-0.25, -0.2) is 14.4 Å². The summed E-state index contributed by atoms with van der Waals surface area (Å²) in [5.41, 5.74) is -3.85. The number of carboxylic acid groups (broad SMARTS) is 1. The quantitative estimate of drug-likeness (QED) is 0.223. The standard InChI is InChI=1S/C9H4O7.C8H6O6/c10-3-1-2-4(9(15)16-8(2)14)6(12)7(13)5(3)11;9-4-1-3(8(13)14)2-5(10)7(12)6(4)11/h1H,(H3,10,11,12,13);1-2H,(H,13,14)(H3,9,10,11,12). The molecule has 7 N–H and O–H groups in total. The number of hydrogen-bond acceptors (Lipinski definition) is 12. The fraction of sp³-hybridized carbons (Fsp3) is 0. The second kappa shape index (κ2) is 7.67. The van der Waals surface area contributed by atoms with Crippen molar-refractivity contribution in [2.75, 3.05) is 0 Å². The van der Waals surface area contributed by atoms with Crippen LogP contribution < -0.4 is 10.9 Å². The second-order valence-corrected chi connectivity index (χ2v) is 5.52. The van der Waals surface area contributed by atoms with Gasteiger partial charge in [-0.1, -0.05) is 0 Å². The summed E-state index contributed by atoms with van der Waals surface area (Å²) in [6, 6.07) is 1.87. The van der Waals surface area contributed by atoms with Gasteiger partial charge in [0.2, 0.25) is 33.9 Å². The SMILES string of the molecule is O=C(O)c1cc(O)c(O)c(O)c(=O)c1.O=C1OC(=O)c2c1cc(=O)c(O)c(O)c2O. The van der Waals surface area contributed by atoms with Crippen molar-refractivity contribution in [3.63, 3.8) is 0 Å². The Hall–Kier alpha value is -4.81. The topological polar surface area (TPSA) is 236 Å². The lowest BCUT2D eigenvalue weighted by Crippen LogP contribution is -2.01. The lowest BCUT2D eigenvalue weighted by Gasteiger charge is -1.95. The molecular weight excluding hydrogens is 412 g/mol. The highest BCUT2D eigenvalue weighted by Gasteiger charge is 2.35. The molecule has 1 aliphatic rings. The van der Waals surface area contributed by atoms with Crippen molar-refractivity contribution in [2.45, 2.75) is 0 Å². The monoisotopic (exact) mass is 422 g/mol. The first-order valence-corrected chi connectivity index (χ1v) is 7.48. The van der Waals surface area contributed by atoms with E-state index in [0.29, 0.717) is 18.2 Å². The Morgan fingerprint density at radius 2 is 1.20 bits per heavy atom. The van der Waals surface area contributed by atoms with Gasteiger partial charge in [0.25, 0.3) is 0 Å². The van der Waals surface area contributed by atoms with E-state index in [4.69, 9.17) is 25.5 Å². The average Bonchev–Trinajstić information content (AvgIpc) is 2.86. The molecule has 156 valence electrons. The Morgan fingerprint density at radius 3 is 1.77 bits per heavy atom. The summed E-state index contributed by atoms with van der Waals surface area (Å²) in [6.07, 6.45) is 0. The molecule has 13 heteroatoms. The van der Waals surface area contributed by atoms with E-state index in [2.05, 4.69) is 4.74 Å². The molecule has 2 aromatic carbocycles. The summed E-state index contributed by atoms with van der Waals surface area (Å²) < 4.78 is 4.13. The van der Waals surface area contributed by atoms with Crippen LogP contribution in [0.4, 0.5) is 0 Å². The first-order chi connectivity index (χ1) is 13.9. The molecule has 0 atom stereocenters. The largest absolute Gasteiger partial charge is 0.504 e. The normalized spacial score (nSPS) is 11.7. The second-order valence-electron chi connectivity index (χ2n) is 5.52. The zero-order valence-corrected chi connectivity index (χ0v) is 14.3. The van der Waals surface area contributed by atoms with Crippen molar-refractivity contribution >= 4 is 17.9 Å². The first kappa shape index (κ1) is 21.5. The number of carbonyl (C=O) groups is 3. The number of aromatic hydroxyl groups is 6. The zero-order valence-electron chi connectivity index (χ0n) is 14.3.